The zero-order valence-corrected chi connectivity index (χ0v) is 12.9. The van der Waals surface area contributed by atoms with Crippen molar-refractivity contribution in [3.63, 3.8) is 0 Å². The molecule has 0 bridgehead atoms. The van der Waals surface area contributed by atoms with E-state index in [2.05, 4.69) is 5.32 Å². The molecule has 116 valence electrons. The van der Waals surface area contributed by atoms with Crippen molar-refractivity contribution in [3.05, 3.63) is 35.9 Å². The van der Waals surface area contributed by atoms with Crippen molar-refractivity contribution in [2.45, 2.75) is 38.2 Å². The van der Waals surface area contributed by atoms with Gasteiger partial charge in [0.2, 0.25) is 0 Å². The molecule has 0 atom stereocenters. The van der Waals surface area contributed by atoms with Crippen LogP contribution in [0.25, 0.3) is 0 Å². The topological polar surface area (TPSA) is 47.6 Å². The van der Waals surface area contributed by atoms with E-state index in [0.717, 1.165) is 31.5 Å². The summed E-state index contributed by atoms with van der Waals surface area (Å²) in [7, 11) is 0. The van der Waals surface area contributed by atoms with Gasteiger partial charge in [0.25, 0.3) is 0 Å². The van der Waals surface area contributed by atoms with E-state index >= 15 is 0 Å². The number of hydrogen-bond donors (Lipinski definition) is 1. The minimum atomic E-state index is -0.510. The molecule has 2 rings (SSSR count). The third kappa shape index (κ3) is 4.05. The maximum Gasteiger partial charge on any atom is 0.316 e. The Morgan fingerprint density at radius 2 is 1.86 bits per heavy atom. The van der Waals surface area contributed by atoms with Gasteiger partial charge < -0.3 is 14.8 Å². The first kappa shape index (κ1) is 16.0. The number of rotatable bonds is 6. The van der Waals surface area contributed by atoms with Crippen LogP contribution in [0.15, 0.2) is 30.3 Å². The second-order valence-corrected chi connectivity index (χ2v) is 5.75. The van der Waals surface area contributed by atoms with Crippen LogP contribution in [0.2, 0.25) is 0 Å². The zero-order valence-electron chi connectivity index (χ0n) is 12.9. The zero-order chi connectivity index (χ0) is 15.1. The Balaban J connectivity index is 2.04. The number of carbonyl (C=O) groups excluding carboxylic acids is 1. The van der Waals surface area contributed by atoms with Gasteiger partial charge in [-0.15, -0.1) is 0 Å². The standard InChI is InChI=1S/C17H25NO3/c1-14(2)20-12-13-21-16(19)17(8-10-18-11-9-17)15-6-4-3-5-7-15/h3-7,14,18H,8-13H2,1-2H3. The molecule has 1 N–H and O–H groups in total. The Kier molecular flexibility index (Phi) is 5.76. The molecule has 0 aliphatic carbocycles. The molecule has 0 amide bonds. The molecule has 1 aromatic carbocycles. The summed E-state index contributed by atoms with van der Waals surface area (Å²) in [4.78, 5) is 12.7. The summed E-state index contributed by atoms with van der Waals surface area (Å²) in [5.74, 6) is -0.123. The summed E-state index contributed by atoms with van der Waals surface area (Å²) in [6.07, 6.45) is 1.72. The van der Waals surface area contributed by atoms with Gasteiger partial charge >= 0.3 is 5.97 Å². The quantitative estimate of drug-likeness (QED) is 0.645. The van der Waals surface area contributed by atoms with Crippen LogP contribution in [0.3, 0.4) is 0 Å². The fourth-order valence-corrected chi connectivity index (χ4v) is 2.78. The first-order valence-corrected chi connectivity index (χ1v) is 7.70. The van der Waals surface area contributed by atoms with Crippen LogP contribution in [-0.2, 0) is 19.7 Å². The van der Waals surface area contributed by atoms with E-state index in [1.165, 1.54) is 0 Å². The van der Waals surface area contributed by atoms with Gasteiger partial charge in [-0.2, -0.15) is 0 Å². The lowest BCUT2D eigenvalue weighted by Gasteiger charge is -2.35. The third-order valence-corrected chi connectivity index (χ3v) is 3.94. The monoisotopic (exact) mass is 291 g/mol. The van der Waals surface area contributed by atoms with Crippen LogP contribution >= 0.6 is 0 Å². The maximum atomic E-state index is 12.7. The number of benzene rings is 1. The molecule has 1 fully saturated rings. The molecular formula is C17H25NO3. The summed E-state index contributed by atoms with van der Waals surface area (Å²) >= 11 is 0. The summed E-state index contributed by atoms with van der Waals surface area (Å²) < 4.78 is 10.9. The van der Waals surface area contributed by atoms with Gasteiger partial charge in [0.1, 0.15) is 6.61 Å². The molecule has 1 aliphatic rings. The minimum Gasteiger partial charge on any atom is -0.463 e. The summed E-state index contributed by atoms with van der Waals surface area (Å²) in [6, 6.07) is 9.98. The van der Waals surface area contributed by atoms with E-state index in [9.17, 15) is 4.79 Å². The molecule has 21 heavy (non-hydrogen) atoms. The van der Waals surface area contributed by atoms with E-state index < -0.39 is 5.41 Å². The van der Waals surface area contributed by atoms with E-state index in [1.54, 1.807) is 0 Å². The first-order chi connectivity index (χ1) is 10.1. The molecule has 0 unspecified atom stereocenters. The van der Waals surface area contributed by atoms with E-state index in [-0.39, 0.29) is 12.1 Å². The summed E-state index contributed by atoms with van der Waals surface area (Å²) in [5.41, 5.74) is 0.547. The van der Waals surface area contributed by atoms with Crippen molar-refractivity contribution < 1.29 is 14.3 Å². The first-order valence-electron chi connectivity index (χ1n) is 7.70. The van der Waals surface area contributed by atoms with Gasteiger partial charge in [0, 0.05) is 0 Å². The Hall–Kier alpha value is -1.39. The van der Waals surface area contributed by atoms with Crippen molar-refractivity contribution in [2.75, 3.05) is 26.3 Å². The van der Waals surface area contributed by atoms with Crippen molar-refractivity contribution in [3.8, 4) is 0 Å². The molecule has 4 heteroatoms. The highest BCUT2D eigenvalue weighted by molar-refractivity contribution is 5.83. The molecule has 0 aromatic heterocycles. The van der Waals surface area contributed by atoms with Gasteiger partial charge in [-0.3, -0.25) is 4.79 Å². The molecule has 1 aromatic rings. The molecule has 0 spiro atoms. The number of hydrogen-bond acceptors (Lipinski definition) is 4. The SMILES string of the molecule is CC(C)OCCOC(=O)C1(c2ccccc2)CCNCC1. The lowest BCUT2D eigenvalue weighted by atomic mass is 9.73. The van der Waals surface area contributed by atoms with Crippen molar-refractivity contribution in [2.24, 2.45) is 0 Å². The predicted molar refractivity (Wildman–Crippen MR) is 82.3 cm³/mol. The molecular weight excluding hydrogens is 266 g/mol. The third-order valence-electron chi connectivity index (χ3n) is 3.94. The second-order valence-electron chi connectivity index (χ2n) is 5.75. The minimum absolute atomic E-state index is 0.123. The summed E-state index contributed by atoms with van der Waals surface area (Å²) in [6.45, 7) is 6.39. The van der Waals surface area contributed by atoms with Gasteiger partial charge in [0.05, 0.1) is 18.1 Å². The average Bonchev–Trinajstić information content (AvgIpc) is 2.52. The molecule has 1 heterocycles. The highest BCUT2D eigenvalue weighted by Crippen LogP contribution is 2.34. The Morgan fingerprint density at radius 1 is 1.19 bits per heavy atom. The highest BCUT2D eigenvalue weighted by atomic mass is 16.6. The van der Waals surface area contributed by atoms with Crippen molar-refractivity contribution >= 4 is 5.97 Å². The molecule has 1 saturated heterocycles. The van der Waals surface area contributed by atoms with Crippen LogP contribution in [0, 0.1) is 0 Å². The number of esters is 1. The number of carbonyl (C=O) groups is 1. The average molecular weight is 291 g/mol. The lowest BCUT2D eigenvalue weighted by Crippen LogP contribution is -2.46. The Bertz CT molecular complexity index is 439. The molecule has 1 aliphatic heterocycles. The van der Waals surface area contributed by atoms with E-state index in [4.69, 9.17) is 9.47 Å². The van der Waals surface area contributed by atoms with Crippen molar-refractivity contribution in [1.82, 2.24) is 5.32 Å². The fourth-order valence-electron chi connectivity index (χ4n) is 2.78. The number of piperidine rings is 1. The van der Waals surface area contributed by atoms with Gasteiger partial charge in [0.15, 0.2) is 0 Å². The van der Waals surface area contributed by atoms with Crippen LogP contribution in [-0.4, -0.2) is 38.4 Å². The largest absolute Gasteiger partial charge is 0.463 e. The Labute approximate surface area is 126 Å². The Morgan fingerprint density at radius 3 is 2.48 bits per heavy atom. The molecule has 0 saturated carbocycles. The van der Waals surface area contributed by atoms with E-state index in [0.29, 0.717) is 13.2 Å². The van der Waals surface area contributed by atoms with Gasteiger partial charge in [-0.05, 0) is 45.3 Å². The number of ether oxygens (including phenoxy) is 2. The van der Waals surface area contributed by atoms with Crippen LogP contribution in [0.5, 0.6) is 0 Å². The van der Waals surface area contributed by atoms with Gasteiger partial charge in [-0.25, -0.2) is 0 Å². The second kappa shape index (κ2) is 7.57. The normalized spacial score (nSPS) is 17.7. The summed E-state index contributed by atoms with van der Waals surface area (Å²) in [5, 5.41) is 3.31. The van der Waals surface area contributed by atoms with Gasteiger partial charge in [-0.1, -0.05) is 30.3 Å². The fraction of sp³-hybridized carbons (Fsp3) is 0.588. The van der Waals surface area contributed by atoms with Crippen LogP contribution in [0.1, 0.15) is 32.3 Å². The highest BCUT2D eigenvalue weighted by Gasteiger charge is 2.42. The van der Waals surface area contributed by atoms with E-state index in [1.807, 2.05) is 44.2 Å². The maximum absolute atomic E-state index is 12.7. The van der Waals surface area contributed by atoms with Crippen LogP contribution in [0.4, 0.5) is 0 Å². The predicted octanol–water partition coefficient (Wildman–Crippen LogP) is 2.28. The molecule has 0 radical (unpaired) electrons. The van der Waals surface area contributed by atoms with Crippen molar-refractivity contribution in [1.29, 1.82) is 0 Å². The molecule has 4 nitrogen and oxygen atoms in total. The van der Waals surface area contributed by atoms with Crippen LogP contribution < -0.4 is 5.32 Å². The number of nitrogens with one attached hydrogen (secondary N) is 1. The smallest absolute Gasteiger partial charge is 0.316 e. The lowest BCUT2D eigenvalue weighted by molar-refractivity contribution is -0.154.